The van der Waals surface area contributed by atoms with E-state index < -0.39 is 12.6 Å². The summed E-state index contributed by atoms with van der Waals surface area (Å²) in [6.07, 6.45) is 0. The molecule has 0 radical (unpaired) electrons. The molecule has 0 aliphatic carbocycles. The molecule has 0 atom stereocenters. The summed E-state index contributed by atoms with van der Waals surface area (Å²) in [7, 11) is 0. The molecule has 6 heteroatoms. The SMILES string of the molecule is Cc1cccc(-n2nc(C(=O)OCC(=O)c3ccc(-c4ccccc4)cc3)nc2-c2ccccc2)c1C. The van der Waals surface area contributed by atoms with Crippen LogP contribution < -0.4 is 0 Å². The second kappa shape index (κ2) is 10.4. The van der Waals surface area contributed by atoms with Crippen molar-refractivity contribution in [2.75, 3.05) is 6.61 Å². The fraction of sp³-hybridized carbons (Fsp3) is 0.0968. The van der Waals surface area contributed by atoms with Crippen LogP contribution >= 0.6 is 0 Å². The maximum absolute atomic E-state index is 12.9. The van der Waals surface area contributed by atoms with Crippen LogP contribution in [0, 0.1) is 13.8 Å². The zero-order valence-corrected chi connectivity index (χ0v) is 20.6. The van der Waals surface area contributed by atoms with Gasteiger partial charge in [-0.15, -0.1) is 5.10 Å². The lowest BCUT2D eigenvalue weighted by Gasteiger charge is -2.10. The number of aromatic nitrogens is 3. The number of ketones is 1. The number of hydrogen-bond acceptors (Lipinski definition) is 5. The second-order valence-electron chi connectivity index (χ2n) is 8.70. The topological polar surface area (TPSA) is 74.1 Å². The number of Topliss-reactive ketones (excluding diaryl/α,β-unsaturated/α-hetero) is 1. The average Bonchev–Trinajstić information content (AvgIpc) is 3.39. The Labute approximate surface area is 215 Å². The Morgan fingerprint density at radius 3 is 2.03 bits per heavy atom. The van der Waals surface area contributed by atoms with E-state index in [4.69, 9.17) is 4.74 Å². The molecule has 6 nitrogen and oxygen atoms in total. The van der Waals surface area contributed by atoms with Gasteiger partial charge in [0.2, 0.25) is 0 Å². The first-order valence-electron chi connectivity index (χ1n) is 12.0. The van der Waals surface area contributed by atoms with Crippen LogP contribution in [0.25, 0.3) is 28.2 Å². The minimum atomic E-state index is -0.754. The molecule has 0 aliphatic heterocycles. The maximum Gasteiger partial charge on any atom is 0.378 e. The lowest BCUT2D eigenvalue weighted by atomic mass is 10.0. The van der Waals surface area contributed by atoms with E-state index in [1.807, 2.05) is 105 Å². The van der Waals surface area contributed by atoms with Gasteiger partial charge in [0.25, 0.3) is 5.82 Å². The summed E-state index contributed by atoms with van der Waals surface area (Å²) < 4.78 is 6.98. The molecule has 182 valence electrons. The molecule has 0 aliphatic rings. The number of esters is 1. The highest BCUT2D eigenvalue weighted by Crippen LogP contribution is 2.25. The van der Waals surface area contributed by atoms with E-state index >= 15 is 0 Å². The van der Waals surface area contributed by atoms with Gasteiger partial charge in [-0.05, 0) is 42.2 Å². The van der Waals surface area contributed by atoms with Crippen molar-refractivity contribution in [3.8, 4) is 28.2 Å². The van der Waals surface area contributed by atoms with Crippen LogP contribution in [-0.4, -0.2) is 33.1 Å². The second-order valence-corrected chi connectivity index (χ2v) is 8.70. The summed E-state index contributed by atoms with van der Waals surface area (Å²) in [6, 6.07) is 32.5. The Bertz CT molecular complexity index is 1560. The summed E-state index contributed by atoms with van der Waals surface area (Å²) >= 11 is 0. The summed E-state index contributed by atoms with van der Waals surface area (Å²) in [4.78, 5) is 30.1. The van der Waals surface area contributed by atoms with Gasteiger partial charge in [-0.3, -0.25) is 4.79 Å². The number of ether oxygens (including phenoxy) is 1. The van der Waals surface area contributed by atoms with E-state index in [2.05, 4.69) is 10.1 Å². The predicted molar refractivity (Wildman–Crippen MR) is 143 cm³/mol. The molecule has 0 spiro atoms. The van der Waals surface area contributed by atoms with Crippen LogP contribution in [0.1, 0.15) is 32.1 Å². The average molecular weight is 488 g/mol. The van der Waals surface area contributed by atoms with E-state index in [1.54, 1.807) is 16.8 Å². The van der Waals surface area contributed by atoms with Gasteiger partial charge in [-0.1, -0.05) is 97.1 Å². The molecular weight excluding hydrogens is 462 g/mol. The van der Waals surface area contributed by atoms with Crippen molar-refractivity contribution in [1.29, 1.82) is 0 Å². The highest BCUT2D eigenvalue weighted by atomic mass is 16.5. The molecule has 0 saturated carbocycles. The van der Waals surface area contributed by atoms with Crippen LogP contribution in [0.15, 0.2) is 103 Å². The lowest BCUT2D eigenvalue weighted by Crippen LogP contribution is -2.15. The lowest BCUT2D eigenvalue weighted by molar-refractivity contribution is 0.0462. The summed E-state index contributed by atoms with van der Waals surface area (Å²) in [5.41, 5.74) is 6.28. The molecule has 1 aromatic heterocycles. The molecule has 0 fully saturated rings. The van der Waals surface area contributed by atoms with Crippen molar-refractivity contribution >= 4 is 11.8 Å². The Kier molecular flexibility index (Phi) is 6.72. The van der Waals surface area contributed by atoms with Gasteiger partial charge in [-0.2, -0.15) is 0 Å². The van der Waals surface area contributed by atoms with Crippen molar-refractivity contribution in [2.45, 2.75) is 13.8 Å². The normalized spacial score (nSPS) is 10.8. The summed E-state index contributed by atoms with van der Waals surface area (Å²) in [6.45, 7) is 3.62. The van der Waals surface area contributed by atoms with E-state index in [9.17, 15) is 9.59 Å². The number of aryl methyl sites for hydroxylation is 1. The highest BCUT2D eigenvalue weighted by molar-refractivity contribution is 5.99. The van der Waals surface area contributed by atoms with Crippen molar-refractivity contribution in [1.82, 2.24) is 14.8 Å². The maximum atomic E-state index is 12.9. The minimum Gasteiger partial charge on any atom is -0.451 e. The van der Waals surface area contributed by atoms with E-state index in [1.165, 1.54) is 0 Å². The molecule has 0 N–H and O–H groups in total. The van der Waals surface area contributed by atoms with Crippen LogP contribution in [0.2, 0.25) is 0 Å². The largest absolute Gasteiger partial charge is 0.451 e. The first kappa shape index (κ1) is 23.9. The fourth-order valence-corrected chi connectivity index (χ4v) is 4.06. The van der Waals surface area contributed by atoms with Crippen LogP contribution in [0.4, 0.5) is 0 Å². The number of hydrogen-bond donors (Lipinski definition) is 0. The van der Waals surface area contributed by atoms with Crippen LogP contribution in [0.3, 0.4) is 0 Å². The molecule has 0 amide bonds. The number of benzene rings is 4. The smallest absolute Gasteiger partial charge is 0.378 e. The molecule has 4 aromatic carbocycles. The molecule has 37 heavy (non-hydrogen) atoms. The third-order valence-corrected chi connectivity index (χ3v) is 6.27. The van der Waals surface area contributed by atoms with Crippen molar-refractivity contribution in [3.05, 3.63) is 126 Å². The Hall–Kier alpha value is -4.84. The van der Waals surface area contributed by atoms with Crippen LogP contribution in [-0.2, 0) is 4.74 Å². The first-order chi connectivity index (χ1) is 18.0. The van der Waals surface area contributed by atoms with Gasteiger partial charge in [0.15, 0.2) is 18.2 Å². The van der Waals surface area contributed by atoms with E-state index in [0.29, 0.717) is 11.4 Å². The number of rotatable bonds is 7. The monoisotopic (exact) mass is 487 g/mol. The van der Waals surface area contributed by atoms with Gasteiger partial charge >= 0.3 is 5.97 Å². The Balaban J connectivity index is 1.36. The van der Waals surface area contributed by atoms with E-state index in [-0.39, 0.29) is 11.6 Å². The zero-order valence-electron chi connectivity index (χ0n) is 20.6. The first-order valence-corrected chi connectivity index (χ1v) is 12.0. The van der Waals surface area contributed by atoms with Crippen LogP contribution in [0.5, 0.6) is 0 Å². The van der Waals surface area contributed by atoms with Gasteiger partial charge in [0, 0.05) is 11.1 Å². The molecule has 5 rings (SSSR count). The highest BCUT2D eigenvalue weighted by Gasteiger charge is 2.22. The quantitative estimate of drug-likeness (QED) is 0.200. The van der Waals surface area contributed by atoms with Gasteiger partial charge in [0.05, 0.1) is 5.69 Å². The van der Waals surface area contributed by atoms with Gasteiger partial charge in [0.1, 0.15) is 0 Å². The summed E-state index contributed by atoms with van der Waals surface area (Å²) in [5, 5.41) is 4.47. The zero-order chi connectivity index (χ0) is 25.8. The van der Waals surface area contributed by atoms with Gasteiger partial charge in [-0.25, -0.2) is 14.5 Å². The Morgan fingerprint density at radius 2 is 1.35 bits per heavy atom. The number of nitrogens with zero attached hydrogens (tertiary/aromatic N) is 3. The predicted octanol–water partition coefficient (Wildman–Crippen LogP) is 6.26. The molecule has 0 saturated heterocycles. The molecule has 5 aromatic rings. The molecule has 0 bridgehead atoms. The Morgan fingerprint density at radius 1 is 0.730 bits per heavy atom. The van der Waals surface area contributed by atoms with E-state index in [0.717, 1.165) is 33.5 Å². The van der Waals surface area contributed by atoms with Crippen molar-refractivity contribution in [3.63, 3.8) is 0 Å². The standard InChI is InChI=1S/C31H25N3O3/c1-21-10-9-15-27(22(21)2)34-30(26-13-7-4-8-14-26)32-29(33-34)31(36)37-20-28(35)25-18-16-24(17-19-25)23-11-5-3-6-12-23/h3-19H,20H2,1-2H3. The molecule has 0 unspecified atom stereocenters. The molecular formula is C31H25N3O3. The molecule has 1 heterocycles. The third kappa shape index (κ3) is 5.09. The van der Waals surface area contributed by atoms with Crippen molar-refractivity contribution in [2.24, 2.45) is 0 Å². The fourth-order valence-electron chi connectivity index (χ4n) is 4.06. The summed E-state index contributed by atoms with van der Waals surface area (Å²) in [5.74, 6) is -0.642. The number of carbonyl (C=O) groups excluding carboxylic acids is 2. The van der Waals surface area contributed by atoms with Crippen molar-refractivity contribution < 1.29 is 14.3 Å². The minimum absolute atomic E-state index is 0.105. The van der Waals surface area contributed by atoms with Gasteiger partial charge < -0.3 is 4.74 Å². The third-order valence-electron chi connectivity index (χ3n) is 6.27. The number of carbonyl (C=O) groups is 2.